The highest BCUT2D eigenvalue weighted by atomic mass is 16.5. The zero-order valence-electron chi connectivity index (χ0n) is 16.7. The largest absolute Gasteiger partial charge is 0.465 e. The number of benzene rings is 3. The Morgan fingerprint density at radius 1 is 0.867 bits per heavy atom. The lowest BCUT2D eigenvalue weighted by Crippen LogP contribution is -2.16. The second-order valence-electron chi connectivity index (χ2n) is 6.93. The lowest BCUT2D eigenvalue weighted by Gasteiger charge is -2.13. The first-order valence-electron chi connectivity index (χ1n) is 9.52. The van der Waals surface area contributed by atoms with Gasteiger partial charge in [-0.3, -0.25) is 4.79 Å². The molecule has 0 bridgehead atoms. The molecule has 3 aromatic carbocycles. The molecule has 0 aliphatic heterocycles. The molecule has 1 aromatic heterocycles. The molecule has 0 saturated heterocycles. The van der Waals surface area contributed by atoms with Gasteiger partial charge < -0.3 is 10.1 Å². The average Bonchev–Trinajstić information content (AvgIpc) is 2.78. The number of fused-ring (bicyclic) bond motifs is 1. The summed E-state index contributed by atoms with van der Waals surface area (Å²) >= 11 is 0. The van der Waals surface area contributed by atoms with E-state index in [-0.39, 0.29) is 5.91 Å². The van der Waals surface area contributed by atoms with Crippen molar-refractivity contribution in [2.75, 3.05) is 12.4 Å². The number of methoxy groups -OCH3 is 1. The molecule has 1 heterocycles. The maximum Gasteiger partial charge on any atom is 0.339 e. The number of para-hydroxylation sites is 2. The van der Waals surface area contributed by atoms with Crippen molar-refractivity contribution in [3.8, 4) is 11.3 Å². The molecular formula is C25H20N2O3. The number of hydrogen-bond donors (Lipinski definition) is 1. The van der Waals surface area contributed by atoms with E-state index in [0.29, 0.717) is 22.5 Å². The Balaban J connectivity index is 1.80. The summed E-state index contributed by atoms with van der Waals surface area (Å²) in [5.41, 5.74) is 4.66. The van der Waals surface area contributed by atoms with Gasteiger partial charge in [-0.15, -0.1) is 0 Å². The number of carbonyl (C=O) groups excluding carboxylic acids is 2. The van der Waals surface area contributed by atoms with Crippen LogP contribution >= 0.6 is 0 Å². The predicted octanol–water partition coefficient (Wildman–Crippen LogP) is 5.25. The third-order valence-electron chi connectivity index (χ3n) is 4.86. The van der Waals surface area contributed by atoms with E-state index in [1.165, 1.54) is 7.11 Å². The van der Waals surface area contributed by atoms with Gasteiger partial charge in [0.2, 0.25) is 0 Å². The molecule has 5 nitrogen and oxygen atoms in total. The van der Waals surface area contributed by atoms with Crippen molar-refractivity contribution >= 4 is 28.5 Å². The van der Waals surface area contributed by atoms with Crippen LogP contribution in [-0.4, -0.2) is 24.0 Å². The number of hydrogen-bond acceptors (Lipinski definition) is 4. The van der Waals surface area contributed by atoms with Gasteiger partial charge in [-0.2, -0.15) is 0 Å². The first kappa shape index (κ1) is 19.3. The van der Waals surface area contributed by atoms with Crippen molar-refractivity contribution < 1.29 is 14.3 Å². The van der Waals surface area contributed by atoms with E-state index in [1.54, 1.807) is 30.3 Å². The lowest BCUT2D eigenvalue weighted by molar-refractivity contribution is 0.0602. The third kappa shape index (κ3) is 3.78. The average molecular weight is 396 g/mol. The molecule has 0 radical (unpaired) electrons. The summed E-state index contributed by atoms with van der Waals surface area (Å²) in [5, 5.41) is 3.59. The Bertz CT molecular complexity index is 1260. The maximum atomic E-state index is 13.3. The third-order valence-corrected chi connectivity index (χ3v) is 4.86. The molecule has 0 fully saturated rings. The fourth-order valence-corrected chi connectivity index (χ4v) is 3.39. The number of aromatic nitrogens is 1. The van der Waals surface area contributed by atoms with Crippen molar-refractivity contribution in [3.63, 3.8) is 0 Å². The second kappa shape index (κ2) is 8.17. The van der Waals surface area contributed by atoms with Crippen molar-refractivity contribution in [2.24, 2.45) is 0 Å². The van der Waals surface area contributed by atoms with Crippen molar-refractivity contribution in [2.45, 2.75) is 6.92 Å². The molecule has 5 heteroatoms. The van der Waals surface area contributed by atoms with Gasteiger partial charge in [0, 0.05) is 10.9 Å². The van der Waals surface area contributed by atoms with E-state index < -0.39 is 5.97 Å². The van der Waals surface area contributed by atoms with Crippen LogP contribution in [0.4, 0.5) is 5.69 Å². The molecule has 1 amide bonds. The van der Waals surface area contributed by atoms with Crippen LogP contribution in [0.5, 0.6) is 0 Å². The number of nitrogens with one attached hydrogen (secondary N) is 1. The zero-order valence-corrected chi connectivity index (χ0v) is 16.7. The fraction of sp³-hybridized carbons (Fsp3) is 0.0800. The summed E-state index contributed by atoms with van der Waals surface area (Å²) in [4.78, 5) is 30.0. The Kier molecular flexibility index (Phi) is 5.26. The van der Waals surface area contributed by atoms with Crippen molar-refractivity contribution in [1.82, 2.24) is 4.98 Å². The summed E-state index contributed by atoms with van der Waals surface area (Å²) in [5.74, 6) is -0.829. The van der Waals surface area contributed by atoms with Gasteiger partial charge in [-0.25, -0.2) is 9.78 Å². The second-order valence-corrected chi connectivity index (χ2v) is 6.93. The molecule has 148 valence electrons. The smallest absolute Gasteiger partial charge is 0.339 e. The summed E-state index contributed by atoms with van der Waals surface area (Å²) in [6, 6.07) is 24.0. The molecule has 0 aliphatic rings. The number of aryl methyl sites for hydroxylation is 1. The number of pyridine rings is 1. The quantitative estimate of drug-likeness (QED) is 0.479. The van der Waals surface area contributed by atoms with Crippen LogP contribution in [-0.2, 0) is 4.74 Å². The number of amides is 1. The summed E-state index contributed by atoms with van der Waals surface area (Å²) < 4.78 is 4.82. The lowest BCUT2D eigenvalue weighted by atomic mass is 10.0. The molecule has 0 aliphatic carbocycles. The molecule has 0 spiro atoms. The summed E-state index contributed by atoms with van der Waals surface area (Å²) in [6.45, 7) is 2.02. The maximum absolute atomic E-state index is 13.3. The van der Waals surface area contributed by atoms with E-state index in [0.717, 1.165) is 22.0 Å². The minimum atomic E-state index is -0.508. The molecule has 0 atom stereocenters. The topological polar surface area (TPSA) is 68.3 Å². The molecule has 0 unspecified atom stereocenters. The number of rotatable bonds is 4. The van der Waals surface area contributed by atoms with Crippen LogP contribution in [0.1, 0.15) is 26.3 Å². The Hall–Kier alpha value is -3.99. The Morgan fingerprint density at radius 3 is 2.43 bits per heavy atom. The van der Waals surface area contributed by atoms with Crippen LogP contribution in [0.2, 0.25) is 0 Å². The Labute approximate surface area is 174 Å². The molecule has 30 heavy (non-hydrogen) atoms. The van der Waals surface area contributed by atoms with Crippen molar-refractivity contribution in [1.29, 1.82) is 0 Å². The van der Waals surface area contributed by atoms with Gasteiger partial charge >= 0.3 is 5.97 Å². The van der Waals surface area contributed by atoms with Crippen LogP contribution in [0, 0.1) is 6.92 Å². The number of nitrogens with zero attached hydrogens (tertiary/aromatic N) is 1. The summed E-state index contributed by atoms with van der Waals surface area (Å²) in [6.07, 6.45) is 0. The van der Waals surface area contributed by atoms with Crippen LogP contribution < -0.4 is 5.32 Å². The number of anilines is 1. The van der Waals surface area contributed by atoms with Crippen LogP contribution in [0.3, 0.4) is 0 Å². The Morgan fingerprint density at radius 2 is 1.63 bits per heavy atom. The first-order chi connectivity index (χ1) is 14.6. The van der Waals surface area contributed by atoms with E-state index in [2.05, 4.69) is 5.32 Å². The number of ether oxygens (including phenoxy) is 1. The summed E-state index contributed by atoms with van der Waals surface area (Å²) in [7, 11) is 1.31. The molecule has 4 rings (SSSR count). The highest BCUT2D eigenvalue weighted by molar-refractivity contribution is 6.14. The minimum absolute atomic E-state index is 0.297. The normalized spacial score (nSPS) is 10.6. The number of esters is 1. The van der Waals surface area contributed by atoms with Crippen LogP contribution in [0.15, 0.2) is 78.9 Å². The van der Waals surface area contributed by atoms with Gasteiger partial charge in [0.15, 0.2) is 0 Å². The van der Waals surface area contributed by atoms with Gasteiger partial charge in [0.1, 0.15) is 0 Å². The first-order valence-corrected chi connectivity index (χ1v) is 9.52. The van der Waals surface area contributed by atoms with Gasteiger partial charge in [0.05, 0.1) is 35.1 Å². The monoisotopic (exact) mass is 396 g/mol. The van der Waals surface area contributed by atoms with Gasteiger partial charge in [-0.1, -0.05) is 54.1 Å². The van der Waals surface area contributed by atoms with Crippen LogP contribution in [0.25, 0.3) is 22.2 Å². The SMILES string of the molecule is COC(=O)c1ccccc1NC(=O)c1cc(-c2cccc(C)c2)nc2ccccc12. The number of carbonyl (C=O) groups is 2. The van der Waals surface area contributed by atoms with E-state index >= 15 is 0 Å². The highest BCUT2D eigenvalue weighted by Gasteiger charge is 2.17. The fourth-order valence-electron chi connectivity index (χ4n) is 3.39. The van der Waals surface area contributed by atoms with Gasteiger partial charge in [-0.05, 0) is 37.3 Å². The van der Waals surface area contributed by atoms with Crippen molar-refractivity contribution in [3.05, 3.63) is 95.6 Å². The van der Waals surface area contributed by atoms with E-state index in [9.17, 15) is 9.59 Å². The van der Waals surface area contributed by atoms with Gasteiger partial charge in [0.25, 0.3) is 5.91 Å². The van der Waals surface area contributed by atoms with E-state index in [4.69, 9.17) is 9.72 Å². The molecular weight excluding hydrogens is 376 g/mol. The molecule has 4 aromatic rings. The zero-order chi connectivity index (χ0) is 21.1. The standard InChI is InChI=1S/C25H20N2O3/c1-16-8-7-9-17(14-16)23-15-20(18-10-3-5-12-21(18)26-23)24(28)27-22-13-6-4-11-19(22)25(29)30-2/h3-15H,1-2H3,(H,27,28). The minimum Gasteiger partial charge on any atom is -0.465 e. The van der Waals surface area contributed by atoms with E-state index in [1.807, 2.05) is 55.5 Å². The predicted molar refractivity (Wildman–Crippen MR) is 118 cm³/mol. The molecule has 0 saturated carbocycles. The highest BCUT2D eigenvalue weighted by Crippen LogP contribution is 2.27. The molecule has 1 N–H and O–H groups in total.